The zero-order chi connectivity index (χ0) is 13.1. The summed E-state index contributed by atoms with van der Waals surface area (Å²) in [5, 5.41) is 3.39. The van der Waals surface area contributed by atoms with Crippen molar-refractivity contribution in [2.75, 3.05) is 5.32 Å². The molecule has 1 aliphatic rings. The standard InChI is InChI=1S/C17H20N2/c1-13-7-9-16(10-8-13)19-17-11-14-5-3-2-4-6-15(14)12-18-17/h7-12H,2-6H2,1H3,(H,18,19). The molecule has 1 heterocycles. The average Bonchev–Trinajstić information content (AvgIpc) is 2.66. The van der Waals surface area contributed by atoms with E-state index in [0.29, 0.717) is 0 Å². The summed E-state index contributed by atoms with van der Waals surface area (Å²) in [7, 11) is 0. The Morgan fingerprint density at radius 3 is 2.47 bits per heavy atom. The molecule has 2 aromatic rings. The SMILES string of the molecule is Cc1ccc(Nc2cc3c(cn2)CCCCC3)cc1. The molecule has 0 spiro atoms. The lowest BCUT2D eigenvalue weighted by molar-refractivity contribution is 0.711. The van der Waals surface area contributed by atoms with Crippen LogP contribution < -0.4 is 5.32 Å². The van der Waals surface area contributed by atoms with Crippen molar-refractivity contribution in [3.05, 3.63) is 53.2 Å². The van der Waals surface area contributed by atoms with Crippen molar-refractivity contribution < 1.29 is 0 Å². The number of fused-ring (bicyclic) bond motifs is 1. The summed E-state index contributed by atoms with van der Waals surface area (Å²) in [6.07, 6.45) is 8.39. The first kappa shape index (κ1) is 12.2. The van der Waals surface area contributed by atoms with Crippen molar-refractivity contribution in [1.29, 1.82) is 0 Å². The van der Waals surface area contributed by atoms with Crippen LogP contribution in [0.5, 0.6) is 0 Å². The Morgan fingerprint density at radius 2 is 1.68 bits per heavy atom. The first-order valence-corrected chi connectivity index (χ1v) is 7.13. The molecule has 1 aliphatic carbocycles. The molecule has 1 aromatic heterocycles. The molecule has 3 rings (SSSR count). The van der Waals surface area contributed by atoms with Crippen molar-refractivity contribution in [3.8, 4) is 0 Å². The van der Waals surface area contributed by atoms with Crippen LogP contribution in [0.2, 0.25) is 0 Å². The molecule has 0 aliphatic heterocycles. The maximum absolute atomic E-state index is 4.54. The van der Waals surface area contributed by atoms with Gasteiger partial charge in [0.05, 0.1) is 0 Å². The van der Waals surface area contributed by atoms with E-state index in [-0.39, 0.29) is 0 Å². The first-order valence-electron chi connectivity index (χ1n) is 7.13. The smallest absolute Gasteiger partial charge is 0.130 e. The Hall–Kier alpha value is -1.83. The Balaban J connectivity index is 1.81. The van der Waals surface area contributed by atoms with Gasteiger partial charge in [-0.1, -0.05) is 24.1 Å². The Bertz CT molecular complexity index is 558. The van der Waals surface area contributed by atoms with Gasteiger partial charge in [-0.2, -0.15) is 0 Å². The first-order chi connectivity index (χ1) is 9.31. The lowest BCUT2D eigenvalue weighted by Crippen LogP contribution is -1.98. The van der Waals surface area contributed by atoms with Gasteiger partial charge in [-0.05, 0) is 61.9 Å². The van der Waals surface area contributed by atoms with Crippen LogP contribution in [0.3, 0.4) is 0 Å². The molecule has 0 radical (unpaired) electrons. The summed E-state index contributed by atoms with van der Waals surface area (Å²) in [6, 6.07) is 10.7. The van der Waals surface area contributed by atoms with E-state index in [2.05, 4.69) is 53.8 Å². The number of aryl methyl sites for hydroxylation is 3. The number of rotatable bonds is 2. The average molecular weight is 252 g/mol. The molecular formula is C17H20N2. The fourth-order valence-electron chi connectivity index (χ4n) is 2.64. The Kier molecular flexibility index (Phi) is 3.49. The van der Waals surface area contributed by atoms with E-state index in [0.717, 1.165) is 11.5 Å². The summed E-state index contributed by atoms with van der Waals surface area (Å²) >= 11 is 0. The van der Waals surface area contributed by atoms with Crippen LogP contribution in [0.15, 0.2) is 36.5 Å². The molecule has 0 fully saturated rings. The molecular weight excluding hydrogens is 232 g/mol. The second kappa shape index (κ2) is 5.43. The number of nitrogens with one attached hydrogen (secondary N) is 1. The molecule has 0 bridgehead atoms. The third kappa shape index (κ3) is 2.95. The minimum absolute atomic E-state index is 0.963. The summed E-state index contributed by atoms with van der Waals surface area (Å²) < 4.78 is 0. The lowest BCUT2D eigenvalue weighted by atomic mass is 10.1. The van der Waals surface area contributed by atoms with Gasteiger partial charge in [-0.25, -0.2) is 4.98 Å². The molecule has 19 heavy (non-hydrogen) atoms. The Labute approximate surface area is 114 Å². The molecule has 0 saturated carbocycles. The molecule has 0 amide bonds. The van der Waals surface area contributed by atoms with Crippen molar-refractivity contribution in [3.63, 3.8) is 0 Å². The van der Waals surface area contributed by atoms with E-state index < -0.39 is 0 Å². The predicted molar refractivity (Wildman–Crippen MR) is 80.0 cm³/mol. The van der Waals surface area contributed by atoms with Crippen molar-refractivity contribution >= 4 is 11.5 Å². The van der Waals surface area contributed by atoms with Crippen LogP contribution in [-0.4, -0.2) is 4.98 Å². The van der Waals surface area contributed by atoms with Crippen LogP contribution in [-0.2, 0) is 12.8 Å². The highest BCUT2D eigenvalue weighted by Crippen LogP contribution is 2.23. The molecule has 2 heteroatoms. The molecule has 1 aromatic carbocycles. The van der Waals surface area contributed by atoms with E-state index >= 15 is 0 Å². The number of anilines is 2. The highest BCUT2D eigenvalue weighted by molar-refractivity contribution is 5.57. The zero-order valence-corrected chi connectivity index (χ0v) is 11.4. The Morgan fingerprint density at radius 1 is 0.947 bits per heavy atom. The number of benzene rings is 1. The van der Waals surface area contributed by atoms with E-state index in [1.165, 1.54) is 48.8 Å². The fraction of sp³-hybridized carbons (Fsp3) is 0.353. The van der Waals surface area contributed by atoms with Crippen LogP contribution >= 0.6 is 0 Å². The monoisotopic (exact) mass is 252 g/mol. The van der Waals surface area contributed by atoms with E-state index in [1.54, 1.807) is 0 Å². The minimum Gasteiger partial charge on any atom is -0.340 e. The van der Waals surface area contributed by atoms with Crippen molar-refractivity contribution in [1.82, 2.24) is 4.98 Å². The second-order valence-corrected chi connectivity index (χ2v) is 5.39. The second-order valence-electron chi connectivity index (χ2n) is 5.39. The van der Waals surface area contributed by atoms with Gasteiger partial charge in [0.15, 0.2) is 0 Å². The zero-order valence-electron chi connectivity index (χ0n) is 11.4. The summed E-state index contributed by atoms with van der Waals surface area (Å²) in [6.45, 7) is 2.10. The molecule has 1 N–H and O–H groups in total. The highest BCUT2D eigenvalue weighted by atomic mass is 15.0. The third-order valence-corrected chi connectivity index (χ3v) is 3.80. The fourth-order valence-corrected chi connectivity index (χ4v) is 2.64. The summed E-state index contributed by atoms with van der Waals surface area (Å²) in [5.41, 5.74) is 5.29. The highest BCUT2D eigenvalue weighted by Gasteiger charge is 2.09. The molecule has 0 saturated heterocycles. The number of hydrogen-bond acceptors (Lipinski definition) is 2. The predicted octanol–water partition coefficient (Wildman–Crippen LogP) is 4.40. The van der Waals surface area contributed by atoms with Crippen molar-refractivity contribution in [2.45, 2.75) is 39.0 Å². The van der Waals surface area contributed by atoms with E-state index in [1.807, 2.05) is 0 Å². The molecule has 98 valence electrons. The van der Waals surface area contributed by atoms with Crippen LogP contribution in [0.25, 0.3) is 0 Å². The number of hydrogen-bond donors (Lipinski definition) is 1. The van der Waals surface area contributed by atoms with Gasteiger partial charge < -0.3 is 5.32 Å². The topological polar surface area (TPSA) is 24.9 Å². The van der Waals surface area contributed by atoms with Gasteiger partial charge in [-0.15, -0.1) is 0 Å². The molecule has 2 nitrogen and oxygen atoms in total. The van der Waals surface area contributed by atoms with E-state index in [9.17, 15) is 0 Å². The van der Waals surface area contributed by atoms with Crippen LogP contribution in [0.4, 0.5) is 11.5 Å². The molecule has 0 atom stereocenters. The normalized spacial score (nSPS) is 14.6. The van der Waals surface area contributed by atoms with Crippen LogP contribution in [0.1, 0.15) is 36.0 Å². The van der Waals surface area contributed by atoms with Gasteiger partial charge in [0.1, 0.15) is 5.82 Å². The number of aromatic nitrogens is 1. The minimum atomic E-state index is 0.963. The number of nitrogens with zero attached hydrogens (tertiary/aromatic N) is 1. The summed E-state index contributed by atoms with van der Waals surface area (Å²) in [4.78, 5) is 4.54. The third-order valence-electron chi connectivity index (χ3n) is 3.80. The summed E-state index contributed by atoms with van der Waals surface area (Å²) in [5.74, 6) is 0.963. The van der Waals surface area contributed by atoms with E-state index in [4.69, 9.17) is 0 Å². The number of pyridine rings is 1. The lowest BCUT2D eigenvalue weighted by Gasteiger charge is -2.10. The van der Waals surface area contributed by atoms with Gasteiger partial charge >= 0.3 is 0 Å². The maximum atomic E-state index is 4.54. The maximum Gasteiger partial charge on any atom is 0.130 e. The van der Waals surface area contributed by atoms with Gasteiger partial charge in [0.25, 0.3) is 0 Å². The van der Waals surface area contributed by atoms with Gasteiger partial charge in [-0.3, -0.25) is 0 Å². The quantitative estimate of drug-likeness (QED) is 0.801. The van der Waals surface area contributed by atoms with Crippen molar-refractivity contribution in [2.24, 2.45) is 0 Å². The van der Waals surface area contributed by atoms with Crippen LogP contribution in [0, 0.1) is 6.92 Å². The molecule has 0 unspecified atom stereocenters. The van der Waals surface area contributed by atoms with Gasteiger partial charge in [0, 0.05) is 11.9 Å². The van der Waals surface area contributed by atoms with Gasteiger partial charge in [0.2, 0.25) is 0 Å². The largest absolute Gasteiger partial charge is 0.340 e.